The van der Waals surface area contributed by atoms with Crippen LogP contribution in [0.3, 0.4) is 0 Å². The molecule has 0 spiro atoms. The molecular weight excluding hydrogens is 223 g/mol. The van der Waals surface area contributed by atoms with E-state index in [1.165, 1.54) is 5.57 Å². The summed E-state index contributed by atoms with van der Waals surface area (Å²) in [4.78, 5) is 4.33. The first-order chi connectivity index (χ1) is 7.91. The predicted octanol–water partition coefficient (Wildman–Crippen LogP) is 2.96. The van der Waals surface area contributed by atoms with Crippen LogP contribution in [0.25, 0.3) is 0 Å². The highest BCUT2D eigenvalue weighted by Gasteiger charge is 2.27. The van der Waals surface area contributed by atoms with E-state index in [1.807, 2.05) is 0 Å². The van der Waals surface area contributed by atoms with Crippen LogP contribution in [0.1, 0.15) is 6.42 Å². The topological polar surface area (TPSA) is 6.48 Å². The maximum absolute atomic E-state index is 2.44. The average molecular weight is 248 g/mol. The quantitative estimate of drug-likeness (QED) is 0.709. The highest BCUT2D eigenvalue weighted by molar-refractivity contribution is 6.59. The Labute approximate surface area is 111 Å². The molecule has 1 rings (SSSR count). The highest BCUT2D eigenvalue weighted by Crippen LogP contribution is 2.37. The Bertz CT molecular complexity index is 338. The molecule has 1 aliphatic rings. The van der Waals surface area contributed by atoms with Crippen LogP contribution in [0.15, 0.2) is 35.7 Å². The van der Waals surface area contributed by atoms with Crippen LogP contribution >= 0.6 is 0 Å². The third-order valence-corrected chi connectivity index (χ3v) is 5.07. The van der Waals surface area contributed by atoms with Gasteiger partial charge < -0.3 is 9.80 Å². The van der Waals surface area contributed by atoms with Crippen LogP contribution in [0.4, 0.5) is 0 Å². The minimum atomic E-state index is -0.727. The first-order valence-corrected chi connectivity index (χ1v) is 9.31. The molecule has 1 unspecified atom stereocenters. The smallest absolute Gasteiger partial charge is 0.271 e. The van der Waals surface area contributed by atoms with Crippen molar-refractivity contribution in [3.8, 4) is 0 Å². The third-order valence-electron chi connectivity index (χ3n) is 2.92. The summed E-state index contributed by atoms with van der Waals surface area (Å²) in [5.74, 6) is 4.88. The van der Waals surface area contributed by atoms with E-state index in [0.717, 1.165) is 6.42 Å². The summed E-state index contributed by atoms with van der Waals surface area (Å²) >= 11 is -0.727. The SMILES string of the molecule is CN(C)C=C1C=CCC(=CN(C)C)[CH]1[Al]([CH3])[CH3]. The summed E-state index contributed by atoms with van der Waals surface area (Å²) in [6.07, 6.45) is 10.3. The van der Waals surface area contributed by atoms with Crippen LogP contribution in [0.2, 0.25) is 16.4 Å². The van der Waals surface area contributed by atoms with Crippen molar-refractivity contribution in [1.82, 2.24) is 9.80 Å². The van der Waals surface area contributed by atoms with Crippen molar-refractivity contribution in [3.05, 3.63) is 35.7 Å². The summed E-state index contributed by atoms with van der Waals surface area (Å²) in [7, 11) is 8.42. The lowest BCUT2D eigenvalue weighted by atomic mass is 9.96. The Morgan fingerprint density at radius 3 is 2.18 bits per heavy atom. The standard InChI is InChI=1S/C12H19N2.2CH3.Al/c1-13(2)9-11-6-5-7-12(8-11)10-14(3)4;;;/h5-6,8-10H,7H2,1-4H3;2*1H3;. The molecular formula is C14H25AlN2. The molecule has 0 aromatic carbocycles. The summed E-state index contributed by atoms with van der Waals surface area (Å²) in [6, 6.07) is 0. The number of rotatable bonds is 3. The van der Waals surface area contributed by atoms with Crippen molar-refractivity contribution in [2.75, 3.05) is 28.2 Å². The van der Waals surface area contributed by atoms with Crippen molar-refractivity contribution in [2.45, 2.75) is 22.8 Å². The van der Waals surface area contributed by atoms with Gasteiger partial charge in [-0.2, -0.15) is 0 Å². The summed E-state index contributed by atoms with van der Waals surface area (Å²) in [5, 5.41) is 0. The minimum Gasteiger partial charge on any atom is -0.384 e. The van der Waals surface area contributed by atoms with Gasteiger partial charge in [0.15, 0.2) is 0 Å². The molecule has 1 aliphatic carbocycles. The molecule has 0 fully saturated rings. The van der Waals surface area contributed by atoms with Crippen LogP contribution in [0.5, 0.6) is 0 Å². The summed E-state index contributed by atoms with van der Waals surface area (Å²) in [5.41, 5.74) is 3.06. The van der Waals surface area contributed by atoms with Gasteiger partial charge in [-0.05, 0) is 23.0 Å². The fourth-order valence-electron chi connectivity index (χ4n) is 2.47. The monoisotopic (exact) mass is 248 g/mol. The zero-order valence-electron chi connectivity index (χ0n) is 12.1. The Morgan fingerprint density at radius 1 is 1.12 bits per heavy atom. The molecule has 0 aromatic rings. The van der Waals surface area contributed by atoms with Crippen molar-refractivity contribution < 1.29 is 0 Å². The van der Waals surface area contributed by atoms with Gasteiger partial charge in [0.1, 0.15) is 0 Å². The third kappa shape index (κ3) is 4.26. The Morgan fingerprint density at radius 2 is 1.71 bits per heavy atom. The van der Waals surface area contributed by atoms with Gasteiger partial charge in [-0.1, -0.05) is 17.7 Å². The van der Waals surface area contributed by atoms with Gasteiger partial charge in [0.25, 0.3) is 14.1 Å². The molecule has 0 N–H and O–H groups in total. The van der Waals surface area contributed by atoms with Crippen LogP contribution in [0, 0.1) is 0 Å². The summed E-state index contributed by atoms with van der Waals surface area (Å²) in [6.45, 7) is 0. The number of hydrogen-bond donors (Lipinski definition) is 0. The van der Waals surface area contributed by atoms with Crippen molar-refractivity contribution in [2.24, 2.45) is 0 Å². The highest BCUT2D eigenvalue weighted by atomic mass is 27.2. The zero-order valence-corrected chi connectivity index (χ0v) is 13.2. The fourth-order valence-corrected chi connectivity index (χ4v) is 4.52. The average Bonchev–Trinajstić information content (AvgIpc) is 2.14. The second kappa shape index (κ2) is 6.33. The molecule has 0 saturated carbocycles. The second-order valence-electron chi connectivity index (χ2n) is 5.59. The Hall–Kier alpha value is -0.648. The molecule has 94 valence electrons. The first-order valence-electron chi connectivity index (χ1n) is 6.33. The Balaban J connectivity index is 3.08. The second-order valence-corrected chi connectivity index (χ2v) is 8.74. The lowest BCUT2D eigenvalue weighted by Gasteiger charge is -2.28. The van der Waals surface area contributed by atoms with Gasteiger partial charge in [0, 0.05) is 34.4 Å². The molecule has 0 aromatic heterocycles. The van der Waals surface area contributed by atoms with Gasteiger partial charge in [0.2, 0.25) is 0 Å². The lowest BCUT2D eigenvalue weighted by molar-refractivity contribution is 0.548. The maximum atomic E-state index is 2.44. The van der Waals surface area contributed by atoms with Crippen LogP contribution < -0.4 is 0 Å². The largest absolute Gasteiger partial charge is 0.384 e. The van der Waals surface area contributed by atoms with E-state index in [-0.39, 0.29) is 0 Å². The van der Waals surface area contributed by atoms with Gasteiger partial charge in [-0.15, -0.1) is 11.6 Å². The molecule has 1 atom stereocenters. The van der Waals surface area contributed by atoms with Crippen molar-refractivity contribution in [1.29, 1.82) is 0 Å². The van der Waals surface area contributed by atoms with Crippen LogP contribution in [-0.4, -0.2) is 52.1 Å². The van der Waals surface area contributed by atoms with Crippen molar-refractivity contribution in [3.63, 3.8) is 0 Å². The molecule has 2 nitrogen and oxygen atoms in total. The molecule has 0 bridgehead atoms. The zero-order chi connectivity index (χ0) is 13.0. The minimum absolute atomic E-state index is 0.685. The molecule has 3 heteroatoms. The van der Waals surface area contributed by atoms with Gasteiger partial charge in [0.05, 0.1) is 0 Å². The molecule has 0 saturated heterocycles. The van der Waals surface area contributed by atoms with E-state index in [4.69, 9.17) is 0 Å². The summed E-state index contributed by atoms with van der Waals surface area (Å²) < 4.78 is 0.685. The molecule has 0 amide bonds. The maximum Gasteiger partial charge on any atom is 0.271 e. The molecule has 0 heterocycles. The van der Waals surface area contributed by atoms with Gasteiger partial charge in [-0.25, -0.2) is 0 Å². The van der Waals surface area contributed by atoms with E-state index in [2.05, 4.69) is 74.1 Å². The van der Waals surface area contributed by atoms with Gasteiger partial charge >= 0.3 is 0 Å². The Kier molecular flexibility index (Phi) is 5.37. The molecule has 17 heavy (non-hydrogen) atoms. The number of allylic oxidation sites excluding steroid dienone is 4. The van der Waals surface area contributed by atoms with E-state index < -0.39 is 14.1 Å². The van der Waals surface area contributed by atoms with Gasteiger partial charge in [-0.3, -0.25) is 0 Å². The van der Waals surface area contributed by atoms with E-state index >= 15 is 0 Å². The van der Waals surface area contributed by atoms with Crippen LogP contribution in [-0.2, 0) is 0 Å². The van der Waals surface area contributed by atoms with E-state index in [0.29, 0.717) is 4.78 Å². The number of hydrogen-bond acceptors (Lipinski definition) is 2. The normalized spacial score (nSPS) is 24.2. The van der Waals surface area contributed by atoms with E-state index in [1.54, 1.807) is 5.57 Å². The fraction of sp³-hybridized carbons (Fsp3) is 0.571. The first kappa shape index (κ1) is 14.4. The lowest BCUT2D eigenvalue weighted by Crippen LogP contribution is -2.21. The number of nitrogens with zero attached hydrogens (tertiary/aromatic N) is 2. The molecule has 0 radical (unpaired) electrons. The predicted molar refractivity (Wildman–Crippen MR) is 78.5 cm³/mol. The molecule has 0 aliphatic heterocycles. The van der Waals surface area contributed by atoms with E-state index in [9.17, 15) is 0 Å². The van der Waals surface area contributed by atoms with Crippen molar-refractivity contribution >= 4 is 14.1 Å².